The van der Waals surface area contributed by atoms with E-state index in [1.807, 2.05) is 12.1 Å². The van der Waals surface area contributed by atoms with Crippen molar-refractivity contribution in [2.75, 3.05) is 6.54 Å². The van der Waals surface area contributed by atoms with Crippen LogP contribution in [0.3, 0.4) is 0 Å². The monoisotopic (exact) mass is 418 g/mol. The summed E-state index contributed by atoms with van der Waals surface area (Å²) in [7, 11) is 0. The van der Waals surface area contributed by atoms with Gasteiger partial charge in [-0.25, -0.2) is 0 Å². The predicted molar refractivity (Wildman–Crippen MR) is 119 cm³/mol. The minimum Gasteiger partial charge on any atom is -0.481 e. The minimum atomic E-state index is -0.552. The van der Waals surface area contributed by atoms with Gasteiger partial charge in [0.2, 0.25) is 5.91 Å². The Labute approximate surface area is 183 Å². The lowest BCUT2D eigenvalue weighted by atomic mass is 9.87. The Morgan fingerprint density at radius 1 is 1.10 bits per heavy atom. The number of hydrogen-bond donors (Lipinski definition) is 1. The molecular weight excluding hydrogens is 388 g/mol. The number of carbonyl (C=O) groups is 2. The van der Waals surface area contributed by atoms with E-state index in [1.165, 1.54) is 11.1 Å². The number of aryl methyl sites for hydroxylation is 1. The van der Waals surface area contributed by atoms with Gasteiger partial charge in [0.15, 0.2) is 6.10 Å². The Bertz CT molecular complexity index is 1010. The summed E-state index contributed by atoms with van der Waals surface area (Å²) in [6, 6.07) is 14.7. The average Bonchev–Trinajstić information content (AvgIpc) is 3.67. The highest BCUT2D eigenvalue weighted by atomic mass is 16.5. The fourth-order valence-corrected chi connectivity index (χ4v) is 4.47. The van der Waals surface area contributed by atoms with Crippen LogP contribution in [0.25, 0.3) is 0 Å². The Morgan fingerprint density at radius 2 is 1.90 bits per heavy atom. The van der Waals surface area contributed by atoms with Crippen LogP contribution in [0.5, 0.6) is 5.75 Å². The highest BCUT2D eigenvalue weighted by Gasteiger charge is 2.39. The van der Waals surface area contributed by atoms with Gasteiger partial charge in [-0.1, -0.05) is 35.9 Å². The van der Waals surface area contributed by atoms with Gasteiger partial charge in [0.25, 0.3) is 5.91 Å². The first-order valence-corrected chi connectivity index (χ1v) is 11.5. The number of rotatable bonds is 6. The lowest BCUT2D eigenvalue weighted by molar-refractivity contribution is -0.134. The van der Waals surface area contributed by atoms with Gasteiger partial charge in [0, 0.05) is 18.5 Å². The maximum absolute atomic E-state index is 13.1. The fraction of sp³-hybridized carbons (Fsp3) is 0.462. The number of nitrogens with one attached hydrogen (secondary N) is 1. The maximum Gasteiger partial charge on any atom is 0.260 e. The standard InChI is InChI=1S/C26H30N2O3/c1-16-4-3-5-20(14-16)24-23-15-22(31-17(2)25(29)27-21-9-10-21)11-8-18(23)12-13-28(24)26(30)19-6-7-19/h3-5,8,11,14-15,17,19,21,24H,6-7,9-10,12-13H2,1-2H3,(H,27,29)/t17-,24-/m1/s1. The average molecular weight is 419 g/mol. The summed E-state index contributed by atoms with van der Waals surface area (Å²) in [4.78, 5) is 27.5. The molecule has 2 aromatic rings. The Kier molecular flexibility index (Phi) is 5.20. The topological polar surface area (TPSA) is 58.6 Å². The van der Waals surface area contributed by atoms with Gasteiger partial charge in [-0.2, -0.15) is 0 Å². The van der Waals surface area contributed by atoms with Gasteiger partial charge in [-0.3, -0.25) is 9.59 Å². The van der Waals surface area contributed by atoms with E-state index < -0.39 is 6.10 Å². The van der Waals surface area contributed by atoms with Crippen molar-refractivity contribution < 1.29 is 14.3 Å². The molecular formula is C26H30N2O3. The summed E-state index contributed by atoms with van der Waals surface area (Å²) in [6.45, 7) is 4.61. The molecule has 1 heterocycles. The van der Waals surface area contributed by atoms with Crippen molar-refractivity contribution in [2.24, 2.45) is 5.92 Å². The normalized spacial score (nSPS) is 21.2. The van der Waals surface area contributed by atoms with Crippen molar-refractivity contribution in [3.63, 3.8) is 0 Å². The first kappa shape index (κ1) is 20.1. The molecule has 5 nitrogen and oxygen atoms in total. The second kappa shape index (κ2) is 8.03. The molecule has 0 aromatic heterocycles. The molecule has 1 N–H and O–H groups in total. The fourth-order valence-electron chi connectivity index (χ4n) is 4.47. The van der Waals surface area contributed by atoms with Crippen molar-refractivity contribution in [1.82, 2.24) is 10.2 Å². The van der Waals surface area contributed by atoms with Crippen LogP contribution in [0.4, 0.5) is 0 Å². The van der Waals surface area contributed by atoms with Crippen LogP contribution in [0.2, 0.25) is 0 Å². The molecule has 31 heavy (non-hydrogen) atoms. The van der Waals surface area contributed by atoms with E-state index >= 15 is 0 Å². The summed E-state index contributed by atoms with van der Waals surface area (Å²) in [5, 5.41) is 3.00. The van der Waals surface area contributed by atoms with Crippen LogP contribution >= 0.6 is 0 Å². The molecule has 3 aliphatic rings. The molecule has 0 radical (unpaired) electrons. The quantitative estimate of drug-likeness (QED) is 0.773. The number of amides is 2. The summed E-state index contributed by atoms with van der Waals surface area (Å²) in [5.41, 5.74) is 4.67. The van der Waals surface area contributed by atoms with Gasteiger partial charge in [-0.05, 0) is 74.8 Å². The summed E-state index contributed by atoms with van der Waals surface area (Å²) in [6.07, 6.45) is 4.40. The Hall–Kier alpha value is -2.82. The van der Waals surface area contributed by atoms with Crippen LogP contribution in [-0.2, 0) is 16.0 Å². The van der Waals surface area contributed by atoms with E-state index in [1.54, 1.807) is 6.92 Å². The summed E-state index contributed by atoms with van der Waals surface area (Å²) >= 11 is 0. The molecule has 0 bridgehead atoms. The highest BCUT2D eigenvalue weighted by molar-refractivity contribution is 5.82. The lowest BCUT2D eigenvalue weighted by Crippen LogP contribution is -2.41. The van der Waals surface area contributed by atoms with Crippen molar-refractivity contribution in [1.29, 1.82) is 0 Å². The number of ether oxygens (including phenoxy) is 1. The van der Waals surface area contributed by atoms with Gasteiger partial charge < -0.3 is 15.0 Å². The van der Waals surface area contributed by atoms with Crippen LogP contribution in [0.15, 0.2) is 42.5 Å². The van der Waals surface area contributed by atoms with E-state index in [9.17, 15) is 9.59 Å². The largest absolute Gasteiger partial charge is 0.481 e. The molecule has 5 heteroatoms. The van der Waals surface area contributed by atoms with Crippen LogP contribution in [0, 0.1) is 12.8 Å². The molecule has 0 saturated heterocycles. The zero-order valence-corrected chi connectivity index (χ0v) is 18.3. The highest BCUT2D eigenvalue weighted by Crippen LogP contribution is 2.41. The molecule has 2 saturated carbocycles. The molecule has 2 fully saturated rings. The first-order valence-electron chi connectivity index (χ1n) is 11.5. The molecule has 1 aliphatic heterocycles. The molecule has 162 valence electrons. The number of benzene rings is 2. The predicted octanol–water partition coefficient (Wildman–Crippen LogP) is 3.93. The van der Waals surface area contributed by atoms with Crippen molar-refractivity contribution >= 4 is 11.8 Å². The van der Waals surface area contributed by atoms with E-state index in [0.717, 1.165) is 49.8 Å². The number of carbonyl (C=O) groups excluding carboxylic acids is 2. The van der Waals surface area contributed by atoms with E-state index in [2.05, 4.69) is 47.5 Å². The van der Waals surface area contributed by atoms with Crippen LogP contribution in [-0.4, -0.2) is 35.4 Å². The van der Waals surface area contributed by atoms with E-state index in [4.69, 9.17) is 4.74 Å². The second-order valence-electron chi connectivity index (χ2n) is 9.28. The Morgan fingerprint density at radius 3 is 2.61 bits per heavy atom. The third kappa shape index (κ3) is 4.32. The molecule has 5 rings (SSSR count). The summed E-state index contributed by atoms with van der Waals surface area (Å²) < 4.78 is 6.02. The molecule has 2 aromatic carbocycles. The van der Waals surface area contributed by atoms with Crippen LogP contribution in [0.1, 0.15) is 60.9 Å². The first-order chi connectivity index (χ1) is 15.0. The molecule has 0 unspecified atom stereocenters. The second-order valence-corrected chi connectivity index (χ2v) is 9.28. The molecule has 2 atom stereocenters. The van der Waals surface area contributed by atoms with Gasteiger partial charge in [0.05, 0.1) is 6.04 Å². The number of fused-ring (bicyclic) bond motifs is 1. The summed E-state index contributed by atoms with van der Waals surface area (Å²) in [5.74, 6) is 1.05. The molecule has 2 amide bonds. The van der Waals surface area contributed by atoms with Crippen molar-refractivity contribution in [3.8, 4) is 5.75 Å². The van der Waals surface area contributed by atoms with Gasteiger partial charge in [-0.15, -0.1) is 0 Å². The van der Waals surface area contributed by atoms with Gasteiger partial charge >= 0.3 is 0 Å². The van der Waals surface area contributed by atoms with Gasteiger partial charge in [0.1, 0.15) is 5.75 Å². The molecule has 2 aliphatic carbocycles. The minimum absolute atomic E-state index is 0.0685. The lowest BCUT2D eigenvalue weighted by Gasteiger charge is -2.38. The number of hydrogen-bond acceptors (Lipinski definition) is 3. The SMILES string of the molecule is Cc1cccc([C@@H]2c3cc(O[C@H](C)C(=O)NC4CC4)ccc3CCN2C(=O)C2CC2)c1. The smallest absolute Gasteiger partial charge is 0.260 e. The zero-order chi connectivity index (χ0) is 21.5. The zero-order valence-electron chi connectivity index (χ0n) is 18.3. The molecule has 0 spiro atoms. The van der Waals surface area contributed by atoms with Crippen molar-refractivity contribution in [3.05, 3.63) is 64.7 Å². The number of nitrogens with zero attached hydrogens (tertiary/aromatic N) is 1. The van der Waals surface area contributed by atoms with E-state index in [0.29, 0.717) is 11.8 Å². The Balaban J connectivity index is 1.46. The third-order valence-electron chi connectivity index (χ3n) is 6.52. The van der Waals surface area contributed by atoms with Crippen molar-refractivity contribution in [2.45, 2.75) is 64.1 Å². The van der Waals surface area contributed by atoms with Crippen LogP contribution < -0.4 is 10.1 Å². The third-order valence-corrected chi connectivity index (χ3v) is 6.52. The maximum atomic E-state index is 13.1. The van der Waals surface area contributed by atoms with E-state index in [-0.39, 0.29) is 23.8 Å².